The van der Waals surface area contributed by atoms with Crippen LogP contribution in [0, 0.1) is 6.92 Å². The molecule has 1 aromatic heterocycles. The second-order valence-electron chi connectivity index (χ2n) is 7.15. The Labute approximate surface area is 204 Å². The van der Waals surface area contributed by atoms with Gasteiger partial charge in [0.2, 0.25) is 5.88 Å². The first-order valence-corrected chi connectivity index (χ1v) is 10.9. The van der Waals surface area contributed by atoms with Crippen LogP contribution in [0.3, 0.4) is 0 Å². The second-order valence-corrected chi connectivity index (χ2v) is 8.16. The van der Waals surface area contributed by atoms with E-state index in [1.807, 2.05) is 6.92 Å². The van der Waals surface area contributed by atoms with Gasteiger partial charge < -0.3 is 14.2 Å². The lowest BCUT2D eigenvalue weighted by atomic mass is 10.1. The summed E-state index contributed by atoms with van der Waals surface area (Å²) in [5.74, 6) is 1.18. The Bertz CT molecular complexity index is 1190. The van der Waals surface area contributed by atoms with E-state index in [2.05, 4.69) is 9.97 Å². The average Bonchev–Trinajstić information content (AvgIpc) is 2.76. The zero-order valence-electron chi connectivity index (χ0n) is 18.3. The van der Waals surface area contributed by atoms with E-state index in [1.165, 1.54) is 12.4 Å². The summed E-state index contributed by atoms with van der Waals surface area (Å²) in [7, 11) is 0. The van der Waals surface area contributed by atoms with Gasteiger partial charge in [-0.2, -0.15) is 13.2 Å². The molecule has 0 N–H and O–H groups in total. The molecule has 0 spiro atoms. The van der Waals surface area contributed by atoms with Gasteiger partial charge in [0.25, 0.3) is 0 Å². The Morgan fingerprint density at radius 3 is 2.41 bits per heavy atom. The smallest absolute Gasteiger partial charge is 0.416 e. The van der Waals surface area contributed by atoms with E-state index in [0.29, 0.717) is 33.7 Å². The minimum atomic E-state index is -4.47. The molecular weight excluding hydrogens is 492 g/mol. The first-order chi connectivity index (χ1) is 16.1. The third-order valence-corrected chi connectivity index (χ3v) is 4.99. The molecule has 0 saturated heterocycles. The number of alkyl halides is 3. The molecule has 2 aromatic carbocycles. The van der Waals surface area contributed by atoms with E-state index in [4.69, 9.17) is 37.4 Å². The van der Waals surface area contributed by atoms with E-state index in [1.54, 1.807) is 37.3 Å². The molecule has 0 radical (unpaired) electrons. The number of ether oxygens (including phenoxy) is 3. The number of allylic oxidation sites excluding steroid dienone is 1. The molecule has 0 bridgehead atoms. The molecule has 3 aromatic rings. The van der Waals surface area contributed by atoms with Crippen molar-refractivity contribution in [3.63, 3.8) is 0 Å². The molecule has 0 aliphatic rings. The standard InChI is InChI=1S/C24H21Cl2F3N2O3/c1-15-11-18(32-10-7-16(2)25)13-20(26)22(15)33-8-3-4-9-34-23-19-12-17(24(27,28)29)5-6-21(19)30-14-31-23/h3-7,11-14H,8-10H2,1-2H3/b4-3-,16-7-. The van der Waals surface area contributed by atoms with Gasteiger partial charge in [-0.1, -0.05) is 23.2 Å². The quantitative estimate of drug-likeness (QED) is 0.285. The van der Waals surface area contributed by atoms with Gasteiger partial charge in [0, 0.05) is 11.1 Å². The van der Waals surface area contributed by atoms with Crippen LogP contribution in [0.2, 0.25) is 5.02 Å². The lowest BCUT2D eigenvalue weighted by Gasteiger charge is -2.12. The first-order valence-electron chi connectivity index (χ1n) is 10.1. The van der Waals surface area contributed by atoms with Gasteiger partial charge in [-0.15, -0.1) is 0 Å². The zero-order chi connectivity index (χ0) is 24.7. The number of aromatic nitrogens is 2. The number of hydrogen-bond acceptors (Lipinski definition) is 5. The van der Waals surface area contributed by atoms with Crippen molar-refractivity contribution in [3.8, 4) is 17.4 Å². The van der Waals surface area contributed by atoms with Gasteiger partial charge in [-0.05, 0) is 61.9 Å². The molecule has 0 unspecified atom stereocenters. The molecule has 0 saturated carbocycles. The van der Waals surface area contributed by atoms with Crippen molar-refractivity contribution in [3.05, 3.63) is 76.1 Å². The van der Waals surface area contributed by atoms with Gasteiger partial charge in [0.15, 0.2) is 0 Å². The van der Waals surface area contributed by atoms with E-state index in [9.17, 15) is 13.2 Å². The molecule has 5 nitrogen and oxygen atoms in total. The van der Waals surface area contributed by atoms with Crippen molar-refractivity contribution in [2.75, 3.05) is 19.8 Å². The molecule has 0 aliphatic carbocycles. The van der Waals surface area contributed by atoms with Crippen molar-refractivity contribution in [2.24, 2.45) is 0 Å². The summed E-state index contributed by atoms with van der Waals surface area (Å²) in [6, 6.07) is 6.70. The van der Waals surface area contributed by atoms with Crippen LogP contribution in [0.25, 0.3) is 10.9 Å². The van der Waals surface area contributed by atoms with Gasteiger partial charge >= 0.3 is 6.18 Å². The highest BCUT2D eigenvalue weighted by atomic mass is 35.5. The summed E-state index contributed by atoms with van der Waals surface area (Å²) >= 11 is 12.1. The van der Waals surface area contributed by atoms with Crippen LogP contribution in [-0.4, -0.2) is 29.8 Å². The maximum atomic E-state index is 13.0. The summed E-state index contributed by atoms with van der Waals surface area (Å²) < 4.78 is 55.9. The van der Waals surface area contributed by atoms with Gasteiger partial charge in [0.05, 0.1) is 21.5 Å². The second kappa shape index (κ2) is 11.4. The highest BCUT2D eigenvalue weighted by Gasteiger charge is 2.30. The van der Waals surface area contributed by atoms with Crippen LogP contribution in [-0.2, 0) is 6.18 Å². The van der Waals surface area contributed by atoms with E-state index >= 15 is 0 Å². The van der Waals surface area contributed by atoms with Crippen molar-refractivity contribution in [1.29, 1.82) is 0 Å². The molecule has 10 heteroatoms. The Morgan fingerprint density at radius 2 is 1.74 bits per heavy atom. The SMILES string of the molecule is C/C(Cl)=C/COc1cc(C)c(OC/C=C\COc2ncnc3ccc(C(F)(F)F)cc23)c(Cl)c1. The van der Waals surface area contributed by atoms with Crippen molar-refractivity contribution in [2.45, 2.75) is 20.0 Å². The molecule has 0 atom stereocenters. The maximum Gasteiger partial charge on any atom is 0.416 e. The number of benzene rings is 2. The topological polar surface area (TPSA) is 53.5 Å². The van der Waals surface area contributed by atoms with Crippen LogP contribution in [0.15, 0.2) is 59.9 Å². The third-order valence-electron chi connectivity index (χ3n) is 4.55. The van der Waals surface area contributed by atoms with Crippen molar-refractivity contribution < 1.29 is 27.4 Å². The van der Waals surface area contributed by atoms with Gasteiger partial charge in [-0.3, -0.25) is 0 Å². The normalized spacial score (nSPS) is 12.4. The highest BCUT2D eigenvalue weighted by molar-refractivity contribution is 6.32. The fourth-order valence-corrected chi connectivity index (χ4v) is 3.31. The Morgan fingerprint density at radius 1 is 1.00 bits per heavy atom. The molecule has 1 heterocycles. The summed E-state index contributed by atoms with van der Waals surface area (Å²) in [6.45, 7) is 4.23. The molecule has 180 valence electrons. The summed E-state index contributed by atoms with van der Waals surface area (Å²) in [5.41, 5.74) is 0.362. The number of aryl methyl sites for hydroxylation is 1. The van der Waals surface area contributed by atoms with Gasteiger partial charge in [0.1, 0.15) is 37.6 Å². The number of halogens is 5. The number of nitrogens with zero attached hydrogens (tertiary/aromatic N) is 2. The van der Waals surface area contributed by atoms with Crippen LogP contribution >= 0.6 is 23.2 Å². The minimum absolute atomic E-state index is 0.0651. The predicted octanol–water partition coefficient (Wildman–Crippen LogP) is 7.15. The molecule has 34 heavy (non-hydrogen) atoms. The van der Waals surface area contributed by atoms with Crippen LogP contribution in [0.4, 0.5) is 13.2 Å². The fourth-order valence-electron chi connectivity index (χ4n) is 2.94. The average molecular weight is 513 g/mol. The highest BCUT2D eigenvalue weighted by Crippen LogP contribution is 2.34. The Hall–Kier alpha value is -2.97. The van der Waals surface area contributed by atoms with Crippen molar-refractivity contribution in [1.82, 2.24) is 9.97 Å². The molecule has 0 amide bonds. The van der Waals surface area contributed by atoms with Crippen LogP contribution < -0.4 is 14.2 Å². The van der Waals surface area contributed by atoms with Gasteiger partial charge in [-0.25, -0.2) is 9.97 Å². The number of rotatable bonds is 9. The monoisotopic (exact) mass is 512 g/mol. The summed E-state index contributed by atoms with van der Waals surface area (Å²) in [6.07, 6.45) is 1.88. The minimum Gasteiger partial charge on any atom is -0.489 e. The van der Waals surface area contributed by atoms with E-state index in [-0.39, 0.29) is 24.5 Å². The first kappa shape index (κ1) is 25.6. The fraction of sp³-hybridized carbons (Fsp3) is 0.250. The van der Waals surface area contributed by atoms with Crippen molar-refractivity contribution >= 4 is 34.1 Å². The maximum absolute atomic E-state index is 13.0. The number of fused-ring (bicyclic) bond motifs is 1. The van der Waals surface area contributed by atoms with Crippen LogP contribution in [0.5, 0.6) is 17.4 Å². The number of hydrogen-bond donors (Lipinski definition) is 0. The lowest BCUT2D eigenvalue weighted by molar-refractivity contribution is -0.137. The molecule has 0 fully saturated rings. The lowest BCUT2D eigenvalue weighted by Crippen LogP contribution is -2.05. The van der Waals surface area contributed by atoms with E-state index < -0.39 is 11.7 Å². The van der Waals surface area contributed by atoms with Crippen LogP contribution in [0.1, 0.15) is 18.1 Å². The molecule has 0 aliphatic heterocycles. The summed E-state index contributed by atoms with van der Waals surface area (Å²) in [5, 5.41) is 1.22. The molecular formula is C24H21Cl2F3N2O3. The van der Waals surface area contributed by atoms with E-state index in [0.717, 1.165) is 17.7 Å². The zero-order valence-corrected chi connectivity index (χ0v) is 19.8. The molecule has 3 rings (SSSR count). The summed E-state index contributed by atoms with van der Waals surface area (Å²) in [4.78, 5) is 7.93. The Balaban J connectivity index is 1.57. The third kappa shape index (κ3) is 7.01. The predicted molar refractivity (Wildman–Crippen MR) is 126 cm³/mol. The largest absolute Gasteiger partial charge is 0.489 e. The Kier molecular flexibility index (Phi) is 8.63.